The van der Waals surface area contributed by atoms with Crippen molar-refractivity contribution in [2.24, 2.45) is 46.3 Å². The summed E-state index contributed by atoms with van der Waals surface area (Å²) in [4.78, 5) is 89.6. The number of aliphatic hydroxyl groups is 8. The molecule has 0 bridgehead atoms. The molecule has 0 heterocycles. The molecule has 0 aliphatic carbocycles. The van der Waals surface area contributed by atoms with Gasteiger partial charge in [-0.05, 0) is 210 Å². The monoisotopic (exact) mass is 1510 g/mol. The van der Waals surface area contributed by atoms with Gasteiger partial charge in [-0.2, -0.15) is 0 Å². The number of esters is 8. The van der Waals surface area contributed by atoms with Gasteiger partial charge in [0.25, 0.3) is 0 Å². The number of carbonyl (C=O) groups excluding carboxylic acids is 8. The molecule has 6 atom stereocenters. The molecule has 0 aliphatic heterocycles. The molecule has 0 spiro atoms. The van der Waals surface area contributed by atoms with E-state index in [9.17, 15) is 79.2 Å². The van der Waals surface area contributed by atoms with Crippen LogP contribution in [0.4, 0.5) is 0 Å². The first kappa shape index (κ1) is 115. The Hall–Kier alpha value is -4.56. The number of rotatable bonds is 30. The van der Waals surface area contributed by atoms with Crippen molar-refractivity contribution >= 4 is 47.8 Å². The molecule has 0 aromatic rings. The van der Waals surface area contributed by atoms with Crippen LogP contribution in [-0.2, 0) is 76.3 Å². The third-order valence-corrected chi connectivity index (χ3v) is 16.0. The Kier molecular flexibility index (Phi) is 57.3. The van der Waals surface area contributed by atoms with E-state index in [1.165, 1.54) is 111 Å². The number of ether oxygens (including phenoxy) is 8. The molecule has 624 valence electrons. The fourth-order valence-electron chi connectivity index (χ4n) is 5.76. The lowest BCUT2D eigenvalue weighted by molar-refractivity contribution is -0.179. The standard InChI is InChI=1S/8C10H20O3/c1-9(2,3)6-7-13-8(11)10(4,5)12;1-7(9(2,3)4)13-8(11)10(5,6)12;1-7(2)10(5,6)13-8(11)9(3,4)12;1-7(2)8(3)6-13-9(11)10(4,5)12;1-6-7(2)8(3)13-9(11)10(4,5)12;1-6-8(7(2)3)13-9(11)10(4,5)12;1-5-8(6-2)7-13-9(11)10(3,4)12;1-5-7-8(6-2)13-9(11)10(3,4)12/h12H,6-7H2,1-5H3;2*7,12H,1-6H3;3*7-8,12H,6H2,1-5H3;2*8,12H,5-7H2,1-4H3. The van der Waals surface area contributed by atoms with Crippen LogP contribution in [0.2, 0.25) is 0 Å². The first-order valence-electron chi connectivity index (χ1n) is 37.3. The zero-order valence-corrected chi connectivity index (χ0v) is 73.2. The predicted octanol–water partition coefficient (Wildman–Crippen LogP) is 13.9. The van der Waals surface area contributed by atoms with Gasteiger partial charge < -0.3 is 78.7 Å². The van der Waals surface area contributed by atoms with Crippen LogP contribution in [-0.4, -0.2) is 183 Å². The van der Waals surface area contributed by atoms with Crippen LogP contribution in [0, 0.1) is 46.3 Å². The Bertz CT molecular complexity index is 2250. The summed E-state index contributed by atoms with van der Waals surface area (Å²) in [6.07, 6.45) is 6.68. The third-order valence-electron chi connectivity index (χ3n) is 16.0. The van der Waals surface area contributed by atoms with Gasteiger partial charge in [0, 0.05) is 0 Å². The van der Waals surface area contributed by atoms with Crippen LogP contribution < -0.4 is 0 Å². The van der Waals surface area contributed by atoms with E-state index in [0.29, 0.717) is 43.5 Å². The molecule has 24 nitrogen and oxygen atoms in total. The average molecular weight is 1510 g/mol. The molecule has 0 saturated carbocycles. The van der Waals surface area contributed by atoms with Crippen molar-refractivity contribution in [3.63, 3.8) is 0 Å². The highest BCUT2D eigenvalue weighted by Gasteiger charge is 2.36. The van der Waals surface area contributed by atoms with Gasteiger partial charge in [-0.1, -0.05) is 164 Å². The Morgan fingerprint density at radius 3 is 0.933 bits per heavy atom. The summed E-state index contributed by atoms with van der Waals surface area (Å²) in [5, 5.41) is 74.4. The summed E-state index contributed by atoms with van der Waals surface area (Å²) >= 11 is 0. The van der Waals surface area contributed by atoms with Gasteiger partial charge in [0.2, 0.25) is 0 Å². The molecule has 8 N–H and O–H groups in total. The highest BCUT2D eigenvalue weighted by molar-refractivity contribution is 5.81. The highest BCUT2D eigenvalue weighted by atomic mass is 16.6. The maximum absolute atomic E-state index is 11.3. The van der Waals surface area contributed by atoms with Gasteiger partial charge in [-0.25, -0.2) is 38.4 Å². The van der Waals surface area contributed by atoms with Gasteiger partial charge in [-0.15, -0.1) is 0 Å². The summed E-state index contributed by atoms with van der Waals surface area (Å²) < 4.78 is 40.4. The fraction of sp³-hybridized carbons (Fsp3) is 0.900. The molecule has 104 heavy (non-hydrogen) atoms. The molecule has 0 saturated heterocycles. The maximum atomic E-state index is 11.3. The Morgan fingerprint density at radius 2 is 0.663 bits per heavy atom. The lowest BCUT2D eigenvalue weighted by atomic mass is 9.90. The van der Waals surface area contributed by atoms with Crippen molar-refractivity contribution in [1.29, 1.82) is 0 Å². The van der Waals surface area contributed by atoms with E-state index in [1.54, 1.807) is 0 Å². The van der Waals surface area contributed by atoms with Gasteiger partial charge in [0.1, 0.15) is 30.0 Å². The molecule has 0 aliphatic rings. The van der Waals surface area contributed by atoms with Gasteiger partial charge in [0.05, 0.1) is 19.8 Å². The second-order valence-electron chi connectivity index (χ2n) is 34.9. The fourth-order valence-corrected chi connectivity index (χ4v) is 5.76. The number of hydrogen-bond acceptors (Lipinski definition) is 24. The van der Waals surface area contributed by atoms with E-state index in [4.69, 9.17) is 37.9 Å². The van der Waals surface area contributed by atoms with Crippen molar-refractivity contribution in [3.05, 3.63) is 0 Å². The summed E-state index contributed by atoms with van der Waals surface area (Å²) in [7, 11) is 0. The third kappa shape index (κ3) is 64.6. The maximum Gasteiger partial charge on any atom is 0.338 e. The van der Waals surface area contributed by atoms with Crippen molar-refractivity contribution in [2.45, 2.75) is 403 Å². The molecule has 0 amide bonds. The topological polar surface area (TPSA) is 372 Å². The Morgan fingerprint density at radius 1 is 0.337 bits per heavy atom. The van der Waals surface area contributed by atoms with Crippen LogP contribution in [0.15, 0.2) is 0 Å². The first-order chi connectivity index (χ1) is 45.9. The zero-order chi connectivity index (χ0) is 85.3. The Balaban J connectivity index is -0.000000169. The van der Waals surface area contributed by atoms with Gasteiger partial charge in [0.15, 0.2) is 44.8 Å². The molecule has 0 aromatic carbocycles. The van der Waals surface area contributed by atoms with Crippen molar-refractivity contribution in [3.8, 4) is 0 Å². The largest absolute Gasteiger partial charge is 0.464 e. The normalized spacial score (nSPS) is 14.0. The summed E-state index contributed by atoms with van der Waals surface area (Å²) in [6, 6.07) is 0. The van der Waals surface area contributed by atoms with Crippen LogP contribution in [0.3, 0.4) is 0 Å². The van der Waals surface area contributed by atoms with E-state index in [-0.39, 0.29) is 47.1 Å². The highest BCUT2D eigenvalue weighted by Crippen LogP contribution is 2.25. The van der Waals surface area contributed by atoms with Crippen LogP contribution >= 0.6 is 0 Å². The number of hydrogen-bond donors (Lipinski definition) is 8. The smallest absolute Gasteiger partial charge is 0.338 e. The minimum atomic E-state index is -1.41. The molecule has 0 aromatic heterocycles. The lowest BCUT2D eigenvalue weighted by Gasteiger charge is -2.31. The second-order valence-corrected chi connectivity index (χ2v) is 34.9. The van der Waals surface area contributed by atoms with E-state index in [0.717, 1.165) is 51.4 Å². The predicted molar refractivity (Wildman–Crippen MR) is 411 cm³/mol. The summed E-state index contributed by atoms with van der Waals surface area (Å²) in [5.74, 6) is -2.40. The van der Waals surface area contributed by atoms with E-state index < -0.39 is 98.2 Å². The van der Waals surface area contributed by atoms with Gasteiger partial charge >= 0.3 is 47.8 Å². The molecule has 0 rings (SSSR count). The molecular weight excluding hydrogens is 1340 g/mol. The number of carbonyl (C=O) groups is 8. The van der Waals surface area contributed by atoms with E-state index in [1.807, 2.05) is 118 Å². The first-order valence-corrected chi connectivity index (χ1v) is 37.3. The molecule has 24 heteroatoms. The van der Waals surface area contributed by atoms with Crippen LogP contribution in [0.1, 0.15) is 328 Å². The minimum Gasteiger partial charge on any atom is -0.464 e. The molecule has 6 unspecified atom stereocenters. The van der Waals surface area contributed by atoms with Crippen molar-refractivity contribution in [1.82, 2.24) is 0 Å². The quantitative estimate of drug-likeness (QED) is 0.0245. The second kappa shape index (κ2) is 51.7. The van der Waals surface area contributed by atoms with E-state index >= 15 is 0 Å². The van der Waals surface area contributed by atoms with Crippen molar-refractivity contribution < 1.29 is 117 Å². The summed E-state index contributed by atoms with van der Waals surface area (Å²) in [5.41, 5.74) is -11.6. The average Bonchev–Trinajstić information content (AvgIpc) is 0.865. The molecular formula is C80H160O24. The zero-order valence-electron chi connectivity index (χ0n) is 73.2. The molecule has 0 radical (unpaired) electrons. The summed E-state index contributed by atoms with van der Waals surface area (Å²) in [6.45, 7) is 71.7. The lowest BCUT2D eigenvalue weighted by Crippen LogP contribution is -2.42. The minimum absolute atomic E-state index is 0.0519. The van der Waals surface area contributed by atoms with Crippen molar-refractivity contribution in [2.75, 3.05) is 19.8 Å². The SMILES string of the molecule is CC(C)(C)CCOC(=O)C(C)(C)O.CC(C)C(C)(C)OC(=O)C(C)(C)O.CC(C)C(C)COC(=O)C(C)(C)O.CC(OC(=O)C(C)(C)O)C(C)(C)C.CCC(C)C(C)OC(=O)C(C)(C)O.CCC(CC)COC(=O)C(C)(C)O.CCC(OC(=O)C(C)(C)O)C(C)C.CCCC(CC)OC(=O)C(C)(C)O. The Labute approximate surface area is 631 Å². The van der Waals surface area contributed by atoms with Crippen LogP contribution in [0.25, 0.3) is 0 Å². The molecule has 0 fully saturated rings. The van der Waals surface area contributed by atoms with Gasteiger partial charge in [-0.3, -0.25) is 0 Å². The van der Waals surface area contributed by atoms with E-state index in [2.05, 4.69) is 48.5 Å². The van der Waals surface area contributed by atoms with Crippen LogP contribution in [0.5, 0.6) is 0 Å².